The Bertz CT molecular complexity index is 548. The number of allylic oxidation sites excluding steroid dienone is 1. The molecular formula is C17H22Cl2N2O. The highest BCUT2D eigenvalue weighted by atomic mass is 35.5. The fourth-order valence-electron chi connectivity index (χ4n) is 2.53. The highest BCUT2D eigenvalue weighted by Crippen LogP contribution is 2.26. The minimum Gasteiger partial charge on any atom is -0.337 e. The average molecular weight is 341 g/mol. The molecule has 0 aromatic heterocycles. The van der Waals surface area contributed by atoms with Gasteiger partial charge in [0.05, 0.1) is 15.6 Å². The van der Waals surface area contributed by atoms with Crippen LogP contribution in [0.2, 0.25) is 10.0 Å². The highest BCUT2D eigenvalue weighted by molar-refractivity contribution is 6.39. The van der Waals surface area contributed by atoms with Crippen LogP contribution in [0.25, 0.3) is 0 Å². The number of carbonyl (C=O) groups is 1. The molecule has 0 bridgehead atoms. The van der Waals surface area contributed by atoms with Crippen molar-refractivity contribution in [3.05, 3.63) is 45.5 Å². The largest absolute Gasteiger partial charge is 0.337 e. The summed E-state index contributed by atoms with van der Waals surface area (Å²) in [6, 6.07) is 5.17. The first-order valence-electron chi connectivity index (χ1n) is 7.58. The molecule has 0 unspecified atom stereocenters. The fourth-order valence-corrected chi connectivity index (χ4v) is 3.09. The van der Waals surface area contributed by atoms with Gasteiger partial charge in [-0.15, -0.1) is 0 Å². The molecule has 1 saturated heterocycles. The van der Waals surface area contributed by atoms with E-state index in [9.17, 15) is 4.79 Å². The molecule has 22 heavy (non-hydrogen) atoms. The molecule has 0 saturated carbocycles. The van der Waals surface area contributed by atoms with Crippen molar-refractivity contribution in [2.75, 3.05) is 32.7 Å². The number of hydrogen-bond donors (Lipinski definition) is 0. The summed E-state index contributed by atoms with van der Waals surface area (Å²) in [5.74, 6) is -0.0698. The second-order valence-corrected chi connectivity index (χ2v) is 6.64. The molecule has 1 aliphatic rings. The molecule has 3 nitrogen and oxygen atoms in total. The van der Waals surface area contributed by atoms with Crippen molar-refractivity contribution in [2.45, 2.75) is 20.3 Å². The van der Waals surface area contributed by atoms with Gasteiger partial charge in [0.1, 0.15) is 0 Å². The van der Waals surface area contributed by atoms with Gasteiger partial charge in [0.15, 0.2) is 0 Å². The third kappa shape index (κ3) is 4.48. The van der Waals surface area contributed by atoms with E-state index >= 15 is 0 Å². The number of halogens is 2. The van der Waals surface area contributed by atoms with E-state index in [1.54, 1.807) is 18.2 Å². The Kier molecular flexibility index (Phi) is 6.30. The molecule has 1 amide bonds. The second-order valence-electron chi connectivity index (χ2n) is 5.82. The van der Waals surface area contributed by atoms with E-state index in [4.69, 9.17) is 23.2 Å². The predicted molar refractivity (Wildman–Crippen MR) is 92.9 cm³/mol. The third-order valence-corrected chi connectivity index (χ3v) is 4.44. The summed E-state index contributed by atoms with van der Waals surface area (Å²) in [6.07, 6.45) is 3.19. The van der Waals surface area contributed by atoms with Crippen LogP contribution in [0, 0.1) is 0 Å². The van der Waals surface area contributed by atoms with Crippen LogP contribution in [-0.2, 0) is 0 Å². The second kappa shape index (κ2) is 8.00. The van der Waals surface area contributed by atoms with Crippen LogP contribution in [0.4, 0.5) is 0 Å². The summed E-state index contributed by atoms with van der Waals surface area (Å²) in [5, 5.41) is 0.839. The van der Waals surface area contributed by atoms with Gasteiger partial charge in [0.2, 0.25) is 0 Å². The average Bonchev–Trinajstić information content (AvgIpc) is 2.70. The summed E-state index contributed by atoms with van der Waals surface area (Å²) >= 11 is 12.3. The van der Waals surface area contributed by atoms with Crippen LogP contribution in [0.15, 0.2) is 29.8 Å². The van der Waals surface area contributed by atoms with Gasteiger partial charge >= 0.3 is 0 Å². The molecule has 0 aliphatic carbocycles. The Hall–Kier alpha value is -1.03. The van der Waals surface area contributed by atoms with Crippen LogP contribution in [0.3, 0.4) is 0 Å². The van der Waals surface area contributed by atoms with Gasteiger partial charge in [0, 0.05) is 32.7 Å². The van der Waals surface area contributed by atoms with E-state index in [2.05, 4.69) is 24.8 Å². The zero-order valence-electron chi connectivity index (χ0n) is 13.1. The van der Waals surface area contributed by atoms with Gasteiger partial charge < -0.3 is 4.90 Å². The van der Waals surface area contributed by atoms with Gasteiger partial charge in [-0.1, -0.05) is 40.9 Å². The Morgan fingerprint density at radius 1 is 1.14 bits per heavy atom. The van der Waals surface area contributed by atoms with Gasteiger partial charge in [-0.3, -0.25) is 9.69 Å². The molecular weight excluding hydrogens is 319 g/mol. The Labute approximate surface area is 142 Å². The van der Waals surface area contributed by atoms with Crippen molar-refractivity contribution >= 4 is 29.1 Å². The van der Waals surface area contributed by atoms with Crippen LogP contribution in [-0.4, -0.2) is 48.4 Å². The first kappa shape index (κ1) is 17.3. The van der Waals surface area contributed by atoms with E-state index in [1.165, 1.54) is 5.57 Å². The van der Waals surface area contributed by atoms with Gasteiger partial charge in [0.25, 0.3) is 5.91 Å². The first-order valence-corrected chi connectivity index (χ1v) is 8.33. The lowest BCUT2D eigenvalue weighted by atomic mass is 10.2. The molecule has 0 spiro atoms. The van der Waals surface area contributed by atoms with Gasteiger partial charge in [-0.05, 0) is 32.4 Å². The third-order valence-electron chi connectivity index (χ3n) is 3.81. The van der Waals surface area contributed by atoms with Crippen molar-refractivity contribution in [3.8, 4) is 0 Å². The lowest BCUT2D eigenvalue weighted by Crippen LogP contribution is -2.35. The molecule has 1 fully saturated rings. The summed E-state index contributed by atoms with van der Waals surface area (Å²) in [6.45, 7) is 8.47. The maximum atomic E-state index is 12.7. The molecule has 1 aromatic rings. The van der Waals surface area contributed by atoms with Gasteiger partial charge in [-0.25, -0.2) is 0 Å². The summed E-state index contributed by atoms with van der Waals surface area (Å²) in [4.78, 5) is 16.9. The topological polar surface area (TPSA) is 23.6 Å². The zero-order chi connectivity index (χ0) is 16.1. The lowest BCUT2D eigenvalue weighted by molar-refractivity contribution is 0.0762. The Balaban J connectivity index is 2.05. The molecule has 2 rings (SSSR count). The van der Waals surface area contributed by atoms with Crippen molar-refractivity contribution < 1.29 is 4.79 Å². The number of carbonyl (C=O) groups excluding carboxylic acids is 1. The molecule has 1 aliphatic heterocycles. The van der Waals surface area contributed by atoms with Crippen molar-refractivity contribution in [1.82, 2.24) is 9.80 Å². The predicted octanol–water partition coefficient (Wildman–Crippen LogP) is 4.11. The van der Waals surface area contributed by atoms with E-state index in [-0.39, 0.29) is 5.91 Å². The minimum atomic E-state index is -0.0698. The number of rotatable bonds is 3. The SMILES string of the molecule is CC(C)=CCN1CCCN(C(=O)c2c(Cl)cccc2Cl)CC1. The number of nitrogens with zero attached hydrogens (tertiary/aromatic N) is 2. The summed E-state index contributed by atoms with van der Waals surface area (Å²) in [7, 11) is 0. The number of benzene rings is 1. The fraction of sp³-hybridized carbons (Fsp3) is 0.471. The monoisotopic (exact) mass is 340 g/mol. The highest BCUT2D eigenvalue weighted by Gasteiger charge is 2.23. The molecule has 5 heteroatoms. The quantitative estimate of drug-likeness (QED) is 0.773. The van der Waals surface area contributed by atoms with Crippen molar-refractivity contribution in [3.63, 3.8) is 0 Å². The normalized spacial score (nSPS) is 16.3. The lowest BCUT2D eigenvalue weighted by Gasteiger charge is -2.22. The molecule has 0 N–H and O–H groups in total. The van der Waals surface area contributed by atoms with E-state index < -0.39 is 0 Å². The van der Waals surface area contributed by atoms with Crippen LogP contribution < -0.4 is 0 Å². The van der Waals surface area contributed by atoms with Gasteiger partial charge in [-0.2, -0.15) is 0 Å². The van der Waals surface area contributed by atoms with Crippen molar-refractivity contribution in [2.24, 2.45) is 0 Å². The van der Waals surface area contributed by atoms with Crippen molar-refractivity contribution in [1.29, 1.82) is 0 Å². The molecule has 0 radical (unpaired) electrons. The van der Waals surface area contributed by atoms with Crippen LogP contribution >= 0.6 is 23.2 Å². The first-order chi connectivity index (χ1) is 10.5. The number of amides is 1. The zero-order valence-corrected chi connectivity index (χ0v) is 14.6. The molecule has 0 atom stereocenters. The molecule has 1 aromatic carbocycles. The summed E-state index contributed by atoms with van der Waals surface area (Å²) in [5.41, 5.74) is 1.74. The Morgan fingerprint density at radius 2 is 1.82 bits per heavy atom. The number of hydrogen-bond acceptors (Lipinski definition) is 2. The smallest absolute Gasteiger partial charge is 0.256 e. The standard InChI is InChI=1S/C17H22Cl2N2O/c1-13(2)7-10-20-8-4-9-21(12-11-20)17(22)16-14(18)5-3-6-15(16)19/h3,5-7H,4,8-12H2,1-2H3. The summed E-state index contributed by atoms with van der Waals surface area (Å²) < 4.78 is 0. The van der Waals surface area contributed by atoms with Crippen LogP contribution in [0.1, 0.15) is 30.6 Å². The van der Waals surface area contributed by atoms with E-state index in [1.807, 2.05) is 4.90 Å². The minimum absolute atomic E-state index is 0.0698. The molecule has 1 heterocycles. The van der Waals surface area contributed by atoms with E-state index in [0.29, 0.717) is 22.2 Å². The maximum Gasteiger partial charge on any atom is 0.256 e. The molecule has 120 valence electrons. The maximum absolute atomic E-state index is 12.7. The van der Waals surface area contributed by atoms with E-state index in [0.717, 1.165) is 32.6 Å². The van der Waals surface area contributed by atoms with Crippen LogP contribution in [0.5, 0.6) is 0 Å². The Morgan fingerprint density at radius 3 is 2.45 bits per heavy atom.